The lowest BCUT2D eigenvalue weighted by atomic mass is 9.93. The van der Waals surface area contributed by atoms with Gasteiger partial charge in [-0.1, -0.05) is 0 Å². The third-order valence-corrected chi connectivity index (χ3v) is 4.72. The summed E-state index contributed by atoms with van der Waals surface area (Å²) in [6.45, 7) is 1.86. The van der Waals surface area contributed by atoms with Crippen LogP contribution in [0.2, 0.25) is 0 Å². The van der Waals surface area contributed by atoms with Crippen molar-refractivity contribution in [3.05, 3.63) is 34.7 Å². The summed E-state index contributed by atoms with van der Waals surface area (Å²) in [5.74, 6) is 0.550. The minimum atomic E-state index is -0.0155. The Labute approximate surface area is 133 Å². The maximum atomic E-state index is 12.2. The number of thiazole rings is 1. The van der Waals surface area contributed by atoms with Crippen LogP contribution in [-0.4, -0.2) is 33.0 Å². The predicted octanol–water partition coefficient (Wildman–Crippen LogP) is 2.36. The van der Waals surface area contributed by atoms with Crippen molar-refractivity contribution in [3.63, 3.8) is 0 Å². The van der Waals surface area contributed by atoms with E-state index in [2.05, 4.69) is 20.3 Å². The molecule has 1 aliphatic rings. The molecule has 2 aromatic heterocycles. The van der Waals surface area contributed by atoms with E-state index in [1.807, 2.05) is 6.92 Å². The van der Waals surface area contributed by atoms with Crippen LogP contribution in [0.1, 0.15) is 41.0 Å². The smallest absolute Gasteiger partial charge is 0.263 e. The Kier molecular flexibility index (Phi) is 4.62. The molecule has 7 heteroatoms. The number of nitrogens with zero attached hydrogens (tertiary/aromatic N) is 3. The summed E-state index contributed by atoms with van der Waals surface area (Å²) >= 11 is 1.39. The van der Waals surface area contributed by atoms with Crippen LogP contribution in [0.15, 0.2) is 24.1 Å². The minimum Gasteiger partial charge on any atom is -0.473 e. The molecule has 116 valence electrons. The predicted molar refractivity (Wildman–Crippen MR) is 83.0 cm³/mol. The zero-order valence-electron chi connectivity index (χ0n) is 12.4. The highest BCUT2D eigenvalue weighted by molar-refractivity contribution is 7.11. The first-order valence-corrected chi connectivity index (χ1v) is 8.24. The number of hydrogen-bond donors (Lipinski definition) is 1. The molecule has 1 saturated carbocycles. The van der Waals surface area contributed by atoms with Crippen LogP contribution in [0.4, 0.5) is 0 Å². The molecule has 1 aliphatic carbocycles. The van der Waals surface area contributed by atoms with Crippen molar-refractivity contribution in [2.24, 2.45) is 0 Å². The second kappa shape index (κ2) is 6.83. The maximum Gasteiger partial charge on any atom is 0.263 e. The molecule has 2 heterocycles. The number of carbonyl (C=O) groups excluding carboxylic acids is 1. The fraction of sp³-hybridized carbons (Fsp3) is 0.467. The van der Waals surface area contributed by atoms with Crippen molar-refractivity contribution < 1.29 is 9.53 Å². The van der Waals surface area contributed by atoms with Crippen LogP contribution in [0.3, 0.4) is 0 Å². The number of ether oxygens (including phenoxy) is 1. The van der Waals surface area contributed by atoms with Gasteiger partial charge in [0, 0.05) is 18.4 Å². The van der Waals surface area contributed by atoms with E-state index < -0.39 is 0 Å². The highest BCUT2D eigenvalue weighted by atomic mass is 32.1. The molecule has 0 aliphatic heterocycles. The lowest BCUT2D eigenvalue weighted by Gasteiger charge is -2.29. The van der Waals surface area contributed by atoms with Crippen molar-refractivity contribution in [1.82, 2.24) is 20.3 Å². The van der Waals surface area contributed by atoms with Gasteiger partial charge in [0.2, 0.25) is 5.88 Å². The number of amides is 1. The number of aromatic nitrogens is 3. The van der Waals surface area contributed by atoms with Crippen molar-refractivity contribution in [2.75, 3.05) is 0 Å². The Morgan fingerprint density at radius 3 is 2.73 bits per heavy atom. The van der Waals surface area contributed by atoms with Crippen LogP contribution in [-0.2, 0) is 0 Å². The average molecular weight is 318 g/mol. The van der Waals surface area contributed by atoms with Gasteiger partial charge in [-0.3, -0.25) is 9.78 Å². The van der Waals surface area contributed by atoms with Crippen LogP contribution >= 0.6 is 11.3 Å². The summed E-state index contributed by atoms with van der Waals surface area (Å²) in [5.41, 5.74) is 2.50. The van der Waals surface area contributed by atoms with E-state index in [1.165, 1.54) is 11.3 Å². The number of aryl methyl sites for hydroxylation is 1. The fourth-order valence-corrected chi connectivity index (χ4v) is 3.32. The monoisotopic (exact) mass is 318 g/mol. The molecule has 1 fully saturated rings. The highest BCUT2D eigenvalue weighted by Gasteiger charge is 2.25. The summed E-state index contributed by atoms with van der Waals surface area (Å²) < 4.78 is 5.81. The third kappa shape index (κ3) is 3.59. The van der Waals surface area contributed by atoms with E-state index in [0.29, 0.717) is 10.8 Å². The van der Waals surface area contributed by atoms with Crippen LogP contribution in [0.25, 0.3) is 0 Å². The molecule has 0 saturated heterocycles. The van der Waals surface area contributed by atoms with E-state index >= 15 is 0 Å². The molecular formula is C15H18N4O2S. The molecular weight excluding hydrogens is 300 g/mol. The largest absolute Gasteiger partial charge is 0.473 e. The Hall–Kier alpha value is -2.02. The Morgan fingerprint density at radius 1 is 1.27 bits per heavy atom. The van der Waals surface area contributed by atoms with Gasteiger partial charge < -0.3 is 10.1 Å². The lowest BCUT2D eigenvalue weighted by Crippen LogP contribution is -2.39. The molecule has 1 N–H and O–H groups in total. The standard InChI is InChI=1S/C15H18N4O2S/c1-10-14(22-9-18-10)15(20)19-11-2-4-12(5-3-11)21-13-8-16-6-7-17-13/h6-9,11-12H,2-5H2,1H3,(H,19,20). The summed E-state index contributed by atoms with van der Waals surface area (Å²) in [6, 6.07) is 0.204. The van der Waals surface area contributed by atoms with Gasteiger partial charge in [0.1, 0.15) is 11.0 Å². The number of nitrogens with one attached hydrogen (secondary N) is 1. The molecule has 2 aromatic rings. The van der Waals surface area contributed by atoms with E-state index in [0.717, 1.165) is 31.4 Å². The summed E-state index contributed by atoms with van der Waals surface area (Å²) in [6.07, 6.45) is 8.66. The molecule has 0 atom stereocenters. The second-order valence-corrected chi connectivity index (χ2v) is 6.23. The molecule has 0 unspecified atom stereocenters. The lowest BCUT2D eigenvalue weighted by molar-refractivity contribution is 0.0893. The number of carbonyl (C=O) groups is 1. The van der Waals surface area contributed by atoms with Crippen LogP contribution in [0.5, 0.6) is 5.88 Å². The minimum absolute atomic E-state index is 0.0155. The van der Waals surface area contributed by atoms with E-state index in [-0.39, 0.29) is 18.1 Å². The van der Waals surface area contributed by atoms with Crippen molar-refractivity contribution in [3.8, 4) is 5.88 Å². The molecule has 22 heavy (non-hydrogen) atoms. The molecule has 1 amide bonds. The van der Waals surface area contributed by atoms with Crippen LogP contribution in [0, 0.1) is 6.92 Å². The van der Waals surface area contributed by atoms with E-state index in [1.54, 1.807) is 24.1 Å². The van der Waals surface area contributed by atoms with Crippen molar-refractivity contribution >= 4 is 17.2 Å². The Bertz CT molecular complexity index is 623. The first-order valence-electron chi connectivity index (χ1n) is 7.36. The normalized spacial score (nSPS) is 21.3. The van der Waals surface area contributed by atoms with Crippen LogP contribution < -0.4 is 10.1 Å². The second-order valence-electron chi connectivity index (χ2n) is 5.38. The molecule has 3 rings (SSSR count). The third-order valence-electron chi connectivity index (χ3n) is 3.79. The van der Waals surface area contributed by atoms with Gasteiger partial charge in [-0.15, -0.1) is 11.3 Å². The van der Waals surface area contributed by atoms with Gasteiger partial charge in [-0.05, 0) is 32.6 Å². The van der Waals surface area contributed by atoms with Crippen molar-refractivity contribution in [2.45, 2.75) is 44.8 Å². The van der Waals surface area contributed by atoms with Crippen molar-refractivity contribution in [1.29, 1.82) is 0 Å². The van der Waals surface area contributed by atoms with Gasteiger partial charge >= 0.3 is 0 Å². The summed E-state index contributed by atoms with van der Waals surface area (Å²) in [7, 11) is 0. The van der Waals surface area contributed by atoms with Gasteiger partial charge in [0.15, 0.2) is 0 Å². The first-order chi connectivity index (χ1) is 10.7. The first kappa shape index (κ1) is 14.9. The molecule has 0 aromatic carbocycles. The fourth-order valence-electron chi connectivity index (χ4n) is 2.61. The maximum absolute atomic E-state index is 12.2. The highest BCUT2D eigenvalue weighted by Crippen LogP contribution is 2.23. The quantitative estimate of drug-likeness (QED) is 0.936. The van der Waals surface area contributed by atoms with Gasteiger partial charge in [0.25, 0.3) is 5.91 Å². The van der Waals surface area contributed by atoms with Gasteiger partial charge in [-0.25, -0.2) is 9.97 Å². The molecule has 0 spiro atoms. The van der Waals surface area contributed by atoms with E-state index in [4.69, 9.17) is 4.74 Å². The molecule has 6 nitrogen and oxygen atoms in total. The SMILES string of the molecule is Cc1ncsc1C(=O)NC1CCC(Oc2cnccn2)CC1. The zero-order valence-corrected chi connectivity index (χ0v) is 13.2. The molecule has 0 bridgehead atoms. The molecule has 0 radical (unpaired) electrons. The number of rotatable bonds is 4. The zero-order chi connectivity index (χ0) is 15.4. The van der Waals surface area contributed by atoms with Gasteiger partial charge in [-0.2, -0.15) is 0 Å². The van der Waals surface area contributed by atoms with Gasteiger partial charge in [0.05, 0.1) is 17.4 Å². The average Bonchev–Trinajstić information content (AvgIpc) is 2.96. The summed E-state index contributed by atoms with van der Waals surface area (Å²) in [4.78, 5) is 25.1. The number of hydrogen-bond acceptors (Lipinski definition) is 6. The summed E-state index contributed by atoms with van der Waals surface area (Å²) in [5, 5.41) is 3.09. The Balaban J connectivity index is 1.48. The topological polar surface area (TPSA) is 77.0 Å². The van der Waals surface area contributed by atoms with E-state index in [9.17, 15) is 4.79 Å². The Morgan fingerprint density at radius 2 is 2.09 bits per heavy atom.